The Kier molecular flexibility index (Phi) is 9.86. The summed E-state index contributed by atoms with van der Waals surface area (Å²) in [5, 5.41) is 3.44. The van der Waals surface area contributed by atoms with Gasteiger partial charge in [-0.2, -0.15) is 0 Å². The first-order valence-electron chi connectivity index (χ1n) is 10.0. The van der Waals surface area contributed by atoms with Crippen LogP contribution >= 0.6 is 24.0 Å². The van der Waals surface area contributed by atoms with Gasteiger partial charge in [-0.05, 0) is 31.7 Å². The molecule has 2 fully saturated rings. The molecule has 3 rings (SSSR count). The minimum Gasteiger partial charge on any atom is -0.381 e. The van der Waals surface area contributed by atoms with Crippen LogP contribution in [0.3, 0.4) is 0 Å². The zero-order valence-electron chi connectivity index (χ0n) is 16.6. The van der Waals surface area contributed by atoms with E-state index < -0.39 is 0 Å². The summed E-state index contributed by atoms with van der Waals surface area (Å²) in [6, 6.07) is 10.6. The van der Waals surface area contributed by atoms with Gasteiger partial charge in [-0.1, -0.05) is 30.3 Å². The quantitative estimate of drug-likeness (QED) is 0.378. The summed E-state index contributed by atoms with van der Waals surface area (Å²) in [5.74, 6) is 2.04. The van der Waals surface area contributed by atoms with Crippen LogP contribution in [0.5, 0.6) is 0 Å². The third kappa shape index (κ3) is 6.61. The van der Waals surface area contributed by atoms with Gasteiger partial charge in [-0.25, -0.2) is 0 Å². The maximum Gasteiger partial charge on any atom is 0.193 e. The standard InChI is InChI=1S/C21H33N3O2.HI/c1-3-22-21(24(2)15-17-11-13-25-16-17)23-14-19-10-7-12-26-20(19)18-8-5-4-6-9-18;/h4-6,8-9,17,19-20H,3,7,10-16H2,1-2H3,(H,22,23);1H. The van der Waals surface area contributed by atoms with Crippen molar-refractivity contribution in [3.63, 3.8) is 0 Å². The van der Waals surface area contributed by atoms with Crippen molar-refractivity contribution < 1.29 is 9.47 Å². The Balaban J connectivity index is 0.00000261. The second-order valence-electron chi connectivity index (χ2n) is 7.41. The Morgan fingerprint density at radius 2 is 2.04 bits per heavy atom. The fraction of sp³-hybridized carbons (Fsp3) is 0.667. The maximum atomic E-state index is 6.12. The first kappa shape index (κ1) is 22.4. The SMILES string of the molecule is CCNC(=NCC1CCCOC1c1ccccc1)N(C)CC1CCOC1.I. The molecule has 1 N–H and O–H groups in total. The zero-order chi connectivity index (χ0) is 18.2. The maximum absolute atomic E-state index is 6.12. The summed E-state index contributed by atoms with van der Waals surface area (Å²) < 4.78 is 11.6. The van der Waals surface area contributed by atoms with E-state index in [-0.39, 0.29) is 30.1 Å². The number of halogens is 1. The van der Waals surface area contributed by atoms with Crippen molar-refractivity contribution in [3.8, 4) is 0 Å². The zero-order valence-corrected chi connectivity index (χ0v) is 18.9. The van der Waals surface area contributed by atoms with Crippen molar-refractivity contribution in [1.29, 1.82) is 0 Å². The molecule has 0 aliphatic carbocycles. The predicted octanol–water partition coefficient (Wildman–Crippen LogP) is 3.71. The molecule has 0 bridgehead atoms. The van der Waals surface area contributed by atoms with Gasteiger partial charge in [0.2, 0.25) is 0 Å². The van der Waals surface area contributed by atoms with Crippen LogP contribution in [-0.2, 0) is 9.47 Å². The van der Waals surface area contributed by atoms with Crippen LogP contribution < -0.4 is 5.32 Å². The average Bonchev–Trinajstić information content (AvgIpc) is 3.19. The van der Waals surface area contributed by atoms with Crippen molar-refractivity contribution in [2.24, 2.45) is 16.8 Å². The number of rotatable bonds is 6. The fourth-order valence-corrected chi connectivity index (χ4v) is 3.92. The third-order valence-electron chi connectivity index (χ3n) is 5.30. The highest BCUT2D eigenvalue weighted by atomic mass is 127. The van der Waals surface area contributed by atoms with Crippen molar-refractivity contribution in [3.05, 3.63) is 35.9 Å². The summed E-state index contributed by atoms with van der Waals surface area (Å²) in [6.45, 7) is 7.41. The van der Waals surface area contributed by atoms with Crippen LogP contribution in [0.2, 0.25) is 0 Å². The molecule has 3 atom stereocenters. The van der Waals surface area contributed by atoms with Gasteiger partial charge in [0, 0.05) is 51.7 Å². The Morgan fingerprint density at radius 3 is 2.74 bits per heavy atom. The van der Waals surface area contributed by atoms with Crippen LogP contribution in [0.1, 0.15) is 37.9 Å². The lowest BCUT2D eigenvalue weighted by atomic mass is 9.89. The molecule has 0 radical (unpaired) electrons. The second kappa shape index (κ2) is 11.9. The number of benzene rings is 1. The second-order valence-corrected chi connectivity index (χ2v) is 7.41. The summed E-state index contributed by atoms with van der Waals surface area (Å²) in [6.07, 6.45) is 3.60. The molecule has 1 aromatic rings. The van der Waals surface area contributed by atoms with E-state index in [2.05, 4.69) is 54.5 Å². The van der Waals surface area contributed by atoms with E-state index in [0.717, 1.165) is 58.3 Å². The van der Waals surface area contributed by atoms with E-state index >= 15 is 0 Å². The van der Waals surface area contributed by atoms with E-state index in [0.29, 0.717) is 11.8 Å². The number of guanidine groups is 1. The van der Waals surface area contributed by atoms with E-state index in [1.165, 1.54) is 12.0 Å². The average molecular weight is 487 g/mol. The molecule has 27 heavy (non-hydrogen) atoms. The van der Waals surface area contributed by atoms with Crippen molar-refractivity contribution in [2.45, 2.75) is 32.3 Å². The van der Waals surface area contributed by atoms with Crippen LogP contribution in [0, 0.1) is 11.8 Å². The van der Waals surface area contributed by atoms with Gasteiger partial charge in [0.05, 0.1) is 12.7 Å². The topological polar surface area (TPSA) is 46.1 Å². The Bertz CT molecular complexity index is 564. The Hall–Kier alpha value is -0.860. The van der Waals surface area contributed by atoms with Gasteiger partial charge < -0.3 is 19.7 Å². The lowest BCUT2D eigenvalue weighted by molar-refractivity contribution is -0.0250. The third-order valence-corrected chi connectivity index (χ3v) is 5.30. The summed E-state index contributed by atoms with van der Waals surface area (Å²) in [7, 11) is 2.13. The Morgan fingerprint density at radius 1 is 1.22 bits per heavy atom. The first-order chi connectivity index (χ1) is 12.8. The molecule has 0 amide bonds. The summed E-state index contributed by atoms with van der Waals surface area (Å²) in [4.78, 5) is 7.22. The van der Waals surface area contributed by atoms with Gasteiger partial charge in [0.25, 0.3) is 0 Å². The predicted molar refractivity (Wildman–Crippen MR) is 121 cm³/mol. The molecule has 0 saturated carbocycles. The number of nitrogens with zero attached hydrogens (tertiary/aromatic N) is 2. The minimum atomic E-state index is 0. The number of nitrogens with one attached hydrogen (secondary N) is 1. The molecule has 2 saturated heterocycles. The molecule has 2 aliphatic heterocycles. The molecule has 3 unspecified atom stereocenters. The van der Waals surface area contributed by atoms with Crippen molar-refractivity contribution >= 4 is 29.9 Å². The lowest BCUT2D eigenvalue weighted by Gasteiger charge is -2.32. The van der Waals surface area contributed by atoms with Crippen LogP contribution in [0.15, 0.2) is 35.3 Å². The fourth-order valence-electron chi connectivity index (χ4n) is 3.92. The van der Waals surface area contributed by atoms with Gasteiger partial charge in [-0.15, -0.1) is 24.0 Å². The van der Waals surface area contributed by atoms with Crippen LogP contribution in [-0.4, -0.2) is 57.4 Å². The number of hydrogen-bond acceptors (Lipinski definition) is 3. The van der Waals surface area contributed by atoms with Gasteiger partial charge in [0.15, 0.2) is 5.96 Å². The molecule has 2 aliphatic rings. The molecule has 1 aromatic carbocycles. The molecule has 152 valence electrons. The highest BCUT2D eigenvalue weighted by Gasteiger charge is 2.27. The van der Waals surface area contributed by atoms with E-state index in [9.17, 15) is 0 Å². The van der Waals surface area contributed by atoms with Crippen molar-refractivity contribution in [1.82, 2.24) is 10.2 Å². The Labute approximate surface area is 180 Å². The number of ether oxygens (including phenoxy) is 2. The van der Waals surface area contributed by atoms with E-state index in [4.69, 9.17) is 14.5 Å². The summed E-state index contributed by atoms with van der Waals surface area (Å²) >= 11 is 0. The molecule has 2 heterocycles. The molecule has 5 nitrogen and oxygen atoms in total. The van der Waals surface area contributed by atoms with Crippen molar-refractivity contribution in [2.75, 3.05) is 46.5 Å². The number of aliphatic imine (C=N–C) groups is 1. The molecule has 0 aromatic heterocycles. The van der Waals surface area contributed by atoms with Crippen LogP contribution in [0.4, 0.5) is 0 Å². The van der Waals surface area contributed by atoms with Gasteiger partial charge in [0.1, 0.15) is 0 Å². The van der Waals surface area contributed by atoms with Gasteiger partial charge >= 0.3 is 0 Å². The van der Waals surface area contributed by atoms with E-state index in [1.54, 1.807) is 0 Å². The summed E-state index contributed by atoms with van der Waals surface area (Å²) in [5.41, 5.74) is 1.27. The highest BCUT2D eigenvalue weighted by Crippen LogP contribution is 2.33. The monoisotopic (exact) mass is 487 g/mol. The number of hydrogen-bond donors (Lipinski definition) is 1. The minimum absolute atomic E-state index is 0. The van der Waals surface area contributed by atoms with E-state index in [1.807, 2.05) is 0 Å². The van der Waals surface area contributed by atoms with Gasteiger partial charge in [-0.3, -0.25) is 4.99 Å². The first-order valence-corrected chi connectivity index (χ1v) is 10.0. The molecular formula is C21H34IN3O2. The lowest BCUT2D eigenvalue weighted by Crippen LogP contribution is -2.42. The van der Waals surface area contributed by atoms with Crippen LogP contribution in [0.25, 0.3) is 0 Å². The largest absolute Gasteiger partial charge is 0.381 e. The molecule has 6 heteroatoms. The molecular weight excluding hydrogens is 453 g/mol. The smallest absolute Gasteiger partial charge is 0.193 e. The highest BCUT2D eigenvalue weighted by molar-refractivity contribution is 14.0. The normalized spacial score (nSPS) is 25.7. The molecule has 0 spiro atoms.